The Morgan fingerprint density at radius 3 is 1.93 bits per heavy atom. The number of rotatable bonds is 1. The highest BCUT2D eigenvalue weighted by Gasteiger charge is 2.57. The van der Waals surface area contributed by atoms with Crippen molar-refractivity contribution in [2.45, 2.75) is 37.0 Å². The van der Waals surface area contributed by atoms with Gasteiger partial charge in [0.15, 0.2) is 0 Å². The molecule has 1 aromatic carbocycles. The number of fused-ring (bicyclic) bond motifs is 5. The molecule has 1 aromatic rings. The van der Waals surface area contributed by atoms with Gasteiger partial charge in [0, 0.05) is 0 Å². The summed E-state index contributed by atoms with van der Waals surface area (Å²) >= 11 is 0. The molecule has 1 heteroatoms. The van der Waals surface area contributed by atoms with Crippen LogP contribution in [-0.2, 0) is 0 Å². The van der Waals surface area contributed by atoms with Crippen molar-refractivity contribution >= 4 is 13.2 Å². The van der Waals surface area contributed by atoms with Crippen LogP contribution in [0.15, 0.2) is 30.3 Å². The molecule has 2 aliphatic heterocycles. The van der Waals surface area contributed by atoms with Crippen LogP contribution >= 0.6 is 7.92 Å². The van der Waals surface area contributed by atoms with E-state index in [-0.39, 0.29) is 7.92 Å². The molecule has 4 rings (SSSR count). The smallest absolute Gasteiger partial charge is 0.0135 e. The second kappa shape index (κ2) is 3.08. The van der Waals surface area contributed by atoms with E-state index >= 15 is 0 Å². The van der Waals surface area contributed by atoms with Gasteiger partial charge in [-0.25, -0.2) is 0 Å². The summed E-state index contributed by atoms with van der Waals surface area (Å²) < 4.78 is 0. The van der Waals surface area contributed by atoms with Crippen LogP contribution in [0.1, 0.15) is 25.7 Å². The molecule has 2 bridgehead atoms. The van der Waals surface area contributed by atoms with Gasteiger partial charge in [0.05, 0.1) is 0 Å². The van der Waals surface area contributed by atoms with Gasteiger partial charge < -0.3 is 0 Å². The fraction of sp³-hybridized carbons (Fsp3) is 0.571. The molecule has 2 heterocycles. The van der Waals surface area contributed by atoms with Crippen molar-refractivity contribution in [3.05, 3.63) is 30.3 Å². The summed E-state index contributed by atoms with van der Waals surface area (Å²) in [7, 11) is 0.232. The largest absolute Gasteiger partial charge is 0.0684 e. The molecule has 3 aliphatic rings. The van der Waals surface area contributed by atoms with Crippen molar-refractivity contribution in [1.82, 2.24) is 0 Å². The van der Waals surface area contributed by atoms with Gasteiger partial charge in [-0.2, -0.15) is 0 Å². The molecular formula is C14H17P. The average Bonchev–Trinajstić information content (AvgIpc) is 2.69. The molecule has 1 aliphatic carbocycles. The van der Waals surface area contributed by atoms with Crippen molar-refractivity contribution in [2.75, 3.05) is 0 Å². The maximum absolute atomic E-state index is 2.39. The van der Waals surface area contributed by atoms with Gasteiger partial charge >= 0.3 is 0 Å². The highest BCUT2D eigenvalue weighted by atomic mass is 31.1. The second-order valence-corrected chi connectivity index (χ2v) is 8.02. The standard InChI is InChI=1S/C14H17P/c1-2-4-10(5-3-1)15-13-8-9-14(15)12-7-6-11(12)13/h1-5,11-14H,6-9H2/t11-,12+,13-,14+,15?. The third-order valence-corrected chi connectivity index (χ3v) is 8.50. The highest BCUT2D eigenvalue weighted by Crippen LogP contribution is 2.72. The minimum absolute atomic E-state index is 0.232. The zero-order chi connectivity index (χ0) is 9.83. The summed E-state index contributed by atoms with van der Waals surface area (Å²) in [4.78, 5) is 0. The lowest BCUT2D eigenvalue weighted by atomic mass is 9.66. The highest BCUT2D eigenvalue weighted by molar-refractivity contribution is 7.67. The molecule has 0 amide bonds. The number of hydrogen-bond acceptors (Lipinski definition) is 0. The predicted molar refractivity (Wildman–Crippen MR) is 66.0 cm³/mol. The van der Waals surface area contributed by atoms with E-state index in [1.54, 1.807) is 31.0 Å². The fourth-order valence-corrected chi connectivity index (χ4v) is 8.39. The van der Waals surface area contributed by atoms with Gasteiger partial charge in [0.1, 0.15) is 0 Å². The monoisotopic (exact) mass is 216 g/mol. The molecule has 15 heavy (non-hydrogen) atoms. The Balaban J connectivity index is 1.74. The van der Waals surface area contributed by atoms with Crippen molar-refractivity contribution in [3.8, 4) is 0 Å². The summed E-state index contributed by atoms with van der Waals surface area (Å²) in [6.45, 7) is 0. The summed E-state index contributed by atoms with van der Waals surface area (Å²) in [6, 6.07) is 11.4. The Hall–Kier alpha value is -0.350. The zero-order valence-electron chi connectivity index (χ0n) is 8.97. The molecule has 78 valence electrons. The first-order valence-electron chi connectivity index (χ1n) is 6.28. The number of benzene rings is 1. The Morgan fingerprint density at radius 1 is 0.800 bits per heavy atom. The Kier molecular flexibility index (Phi) is 1.80. The van der Waals surface area contributed by atoms with Crippen molar-refractivity contribution in [1.29, 1.82) is 0 Å². The van der Waals surface area contributed by atoms with Crippen LogP contribution in [0.25, 0.3) is 0 Å². The van der Waals surface area contributed by atoms with E-state index in [0.717, 1.165) is 23.2 Å². The second-order valence-electron chi connectivity index (χ2n) is 5.36. The topological polar surface area (TPSA) is 0 Å². The van der Waals surface area contributed by atoms with E-state index < -0.39 is 0 Å². The van der Waals surface area contributed by atoms with Crippen LogP contribution < -0.4 is 5.30 Å². The Morgan fingerprint density at radius 2 is 1.40 bits per heavy atom. The van der Waals surface area contributed by atoms with Gasteiger partial charge in [0.25, 0.3) is 0 Å². The summed E-state index contributed by atoms with van der Waals surface area (Å²) in [6.07, 6.45) is 6.20. The first kappa shape index (κ1) is 8.76. The first-order valence-corrected chi connectivity index (χ1v) is 7.76. The molecule has 0 nitrogen and oxygen atoms in total. The van der Waals surface area contributed by atoms with E-state index in [2.05, 4.69) is 30.3 Å². The Bertz CT molecular complexity index is 354. The predicted octanol–water partition coefficient (Wildman–Crippen LogP) is 3.36. The van der Waals surface area contributed by atoms with Crippen molar-refractivity contribution in [2.24, 2.45) is 11.8 Å². The molecule has 3 fully saturated rings. The van der Waals surface area contributed by atoms with Gasteiger partial charge in [-0.1, -0.05) is 38.3 Å². The lowest BCUT2D eigenvalue weighted by molar-refractivity contribution is 0.152. The van der Waals surface area contributed by atoms with E-state index in [9.17, 15) is 0 Å². The van der Waals surface area contributed by atoms with Crippen LogP contribution in [0.5, 0.6) is 0 Å². The summed E-state index contributed by atoms with van der Waals surface area (Å²) in [5.74, 6) is 2.30. The molecule has 0 spiro atoms. The lowest BCUT2D eigenvalue weighted by Crippen LogP contribution is -2.35. The van der Waals surface area contributed by atoms with Crippen molar-refractivity contribution in [3.63, 3.8) is 0 Å². The molecule has 2 saturated heterocycles. The quantitative estimate of drug-likeness (QED) is 0.631. The first-order chi connectivity index (χ1) is 7.45. The normalized spacial score (nSPS) is 46.3. The zero-order valence-corrected chi connectivity index (χ0v) is 9.87. The molecule has 0 aromatic heterocycles. The maximum Gasteiger partial charge on any atom is -0.0135 e. The minimum atomic E-state index is 0.232. The minimum Gasteiger partial charge on any atom is -0.0684 e. The van der Waals surface area contributed by atoms with E-state index in [4.69, 9.17) is 0 Å². The van der Waals surface area contributed by atoms with Crippen LogP contribution in [0.4, 0.5) is 0 Å². The third kappa shape index (κ3) is 1.07. The molecular weight excluding hydrogens is 199 g/mol. The number of hydrogen-bond donors (Lipinski definition) is 0. The van der Waals surface area contributed by atoms with E-state index in [1.165, 1.54) is 0 Å². The van der Waals surface area contributed by atoms with E-state index in [0.29, 0.717) is 0 Å². The van der Waals surface area contributed by atoms with Crippen LogP contribution in [-0.4, -0.2) is 11.3 Å². The molecule has 5 atom stereocenters. The maximum atomic E-state index is 2.39. The van der Waals surface area contributed by atoms with Crippen molar-refractivity contribution < 1.29 is 0 Å². The van der Waals surface area contributed by atoms with E-state index in [1.807, 2.05) is 0 Å². The molecule has 1 saturated carbocycles. The van der Waals surface area contributed by atoms with Gasteiger partial charge in [-0.15, -0.1) is 0 Å². The average molecular weight is 216 g/mol. The molecule has 0 N–H and O–H groups in total. The Labute approximate surface area is 92.8 Å². The summed E-state index contributed by atoms with van der Waals surface area (Å²) in [5.41, 5.74) is 2.23. The lowest BCUT2D eigenvalue weighted by Gasteiger charge is -2.39. The fourth-order valence-electron chi connectivity index (χ4n) is 4.20. The molecule has 1 unspecified atom stereocenters. The SMILES string of the molecule is c1ccc(P2[C@@H]3CC[C@H]2[C@H]2CC[C@H]23)cc1. The molecule has 0 radical (unpaired) electrons. The van der Waals surface area contributed by atoms with Crippen LogP contribution in [0, 0.1) is 11.8 Å². The van der Waals surface area contributed by atoms with Crippen LogP contribution in [0.3, 0.4) is 0 Å². The van der Waals surface area contributed by atoms with Gasteiger partial charge in [0.2, 0.25) is 0 Å². The van der Waals surface area contributed by atoms with Gasteiger partial charge in [-0.05, 0) is 54.1 Å². The summed E-state index contributed by atoms with van der Waals surface area (Å²) in [5, 5.41) is 1.70. The third-order valence-electron chi connectivity index (χ3n) is 4.90. The van der Waals surface area contributed by atoms with Gasteiger partial charge in [-0.3, -0.25) is 0 Å². The van der Waals surface area contributed by atoms with Crippen LogP contribution in [0.2, 0.25) is 0 Å².